The Kier molecular flexibility index (Phi) is 4.37. The van der Waals surface area contributed by atoms with Gasteiger partial charge in [-0.2, -0.15) is 0 Å². The van der Waals surface area contributed by atoms with Crippen molar-refractivity contribution >= 4 is 34.3 Å². The van der Waals surface area contributed by atoms with Crippen LogP contribution in [0, 0.1) is 13.8 Å². The summed E-state index contributed by atoms with van der Waals surface area (Å²) in [5.74, 6) is 0.934. The number of amides is 1. The first-order valence-corrected chi connectivity index (χ1v) is 9.94. The number of carbonyl (C=O) groups is 1. The third-order valence-corrected chi connectivity index (χ3v) is 5.83. The number of anilines is 1. The minimum atomic E-state index is -0.761. The molecule has 0 aliphatic carbocycles. The van der Waals surface area contributed by atoms with Crippen LogP contribution in [0.1, 0.15) is 39.0 Å². The summed E-state index contributed by atoms with van der Waals surface area (Å²) >= 11 is 6.26. The van der Waals surface area contributed by atoms with Crippen LogP contribution in [0.2, 0.25) is 5.02 Å². The number of aromatic nitrogens is 1. The van der Waals surface area contributed by atoms with E-state index in [1.807, 2.05) is 6.07 Å². The van der Waals surface area contributed by atoms with Crippen LogP contribution in [0.25, 0.3) is 11.0 Å². The molecule has 1 amide bonds. The molecule has 0 N–H and O–H groups in total. The van der Waals surface area contributed by atoms with E-state index < -0.39 is 11.9 Å². The van der Waals surface area contributed by atoms with Gasteiger partial charge in [-0.3, -0.25) is 14.5 Å². The lowest BCUT2D eigenvalue weighted by molar-refractivity contribution is 0.0969. The molecule has 2 aromatic heterocycles. The number of hydrogen-bond acceptors (Lipinski definition) is 6. The molecule has 8 heteroatoms. The average molecular weight is 437 g/mol. The second-order valence-electron chi connectivity index (χ2n) is 7.42. The smallest absolute Gasteiger partial charge is 0.296 e. The minimum absolute atomic E-state index is 0.0207. The summed E-state index contributed by atoms with van der Waals surface area (Å²) in [5, 5.41) is 4.77. The Balaban J connectivity index is 1.83. The van der Waals surface area contributed by atoms with Gasteiger partial charge in [-0.05, 0) is 49.2 Å². The molecule has 0 saturated carbocycles. The van der Waals surface area contributed by atoms with Gasteiger partial charge in [-0.1, -0.05) is 28.9 Å². The van der Waals surface area contributed by atoms with E-state index in [1.165, 1.54) is 4.90 Å². The quantitative estimate of drug-likeness (QED) is 0.458. The van der Waals surface area contributed by atoms with Gasteiger partial charge in [0.15, 0.2) is 11.2 Å². The van der Waals surface area contributed by atoms with Crippen molar-refractivity contribution in [3.8, 4) is 5.75 Å². The third-order valence-electron chi connectivity index (χ3n) is 5.42. The fraction of sp³-hybridized carbons (Fsp3) is 0.174. The van der Waals surface area contributed by atoms with Crippen molar-refractivity contribution in [3.63, 3.8) is 0 Å². The molecule has 1 aliphatic heterocycles. The Morgan fingerprint density at radius 2 is 1.94 bits per heavy atom. The van der Waals surface area contributed by atoms with Crippen LogP contribution in [0.5, 0.6) is 5.75 Å². The molecule has 3 heterocycles. The van der Waals surface area contributed by atoms with Crippen molar-refractivity contribution in [2.45, 2.75) is 19.9 Å². The van der Waals surface area contributed by atoms with Gasteiger partial charge in [0.2, 0.25) is 5.76 Å². The molecule has 2 aromatic carbocycles. The van der Waals surface area contributed by atoms with Gasteiger partial charge in [0, 0.05) is 11.1 Å². The van der Waals surface area contributed by atoms with Crippen molar-refractivity contribution in [1.29, 1.82) is 0 Å². The lowest BCUT2D eigenvalue weighted by Gasteiger charge is -2.22. The number of halogens is 1. The molecule has 4 aromatic rings. The van der Waals surface area contributed by atoms with Gasteiger partial charge >= 0.3 is 0 Å². The van der Waals surface area contributed by atoms with Crippen LogP contribution in [-0.4, -0.2) is 18.2 Å². The van der Waals surface area contributed by atoms with Crippen LogP contribution >= 0.6 is 11.6 Å². The van der Waals surface area contributed by atoms with E-state index in [0.717, 1.165) is 5.56 Å². The number of aryl methyl sites for hydroxylation is 2. The zero-order chi connectivity index (χ0) is 21.9. The van der Waals surface area contributed by atoms with Crippen LogP contribution < -0.4 is 15.1 Å². The molecule has 0 radical (unpaired) electrons. The average Bonchev–Trinajstić information content (AvgIpc) is 3.31. The van der Waals surface area contributed by atoms with Gasteiger partial charge < -0.3 is 13.7 Å². The maximum absolute atomic E-state index is 13.6. The molecule has 0 spiro atoms. The normalized spacial score (nSPS) is 15.5. The molecule has 1 atom stereocenters. The molecule has 0 saturated heterocycles. The molecule has 156 valence electrons. The fourth-order valence-corrected chi connectivity index (χ4v) is 4.09. The number of methoxy groups -OCH3 is 1. The first kappa shape index (κ1) is 19.4. The van der Waals surface area contributed by atoms with Crippen molar-refractivity contribution < 1.29 is 18.5 Å². The first-order chi connectivity index (χ1) is 14.9. The number of carbonyl (C=O) groups excluding carboxylic acids is 1. The number of rotatable bonds is 3. The maximum atomic E-state index is 13.6. The van der Waals surface area contributed by atoms with E-state index >= 15 is 0 Å². The number of fused-ring (bicyclic) bond motifs is 2. The fourth-order valence-electron chi connectivity index (χ4n) is 3.92. The number of ether oxygens (including phenoxy) is 1. The van der Waals surface area contributed by atoms with E-state index in [0.29, 0.717) is 38.9 Å². The second-order valence-corrected chi connectivity index (χ2v) is 7.83. The molecule has 1 aliphatic rings. The Bertz CT molecular complexity index is 1420. The number of benzene rings is 2. The molecular weight excluding hydrogens is 420 g/mol. The lowest BCUT2D eigenvalue weighted by atomic mass is 9.98. The van der Waals surface area contributed by atoms with Crippen LogP contribution in [0.3, 0.4) is 0 Å². The molecular formula is C23H17ClN2O5. The highest BCUT2D eigenvalue weighted by atomic mass is 35.5. The van der Waals surface area contributed by atoms with Gasteiger partial charge in [-0.25, -0.2) is 0 Å². The lowest BCUT2D eigenvalue weighted by Crippen LogP contribution is -2.29. The molecule has 0 fully saturated rings. The first-order valence-electron chi connectivity index (χ1n) is 9.56. The van der Waals surface area contributed by atoms with Crippen molar-refractivity contribution in [2.75, 3.05) is 12.0 Å². The molecule has 7 nitrogen and oxygen atoms in total. The molecule has 1 unspecified atom stereocenters. The van der Waals surface area contributed by atoms with Crippen LogP contribution in [0.15, 0.2) is 56.2 Å². The van der Waals surface area contributed by atoms with Crippen molar-refractivity contribution in [3.05, 3.63) is 85.9 Å². The second kappa shape index (κ2) is 6.99. The summed E-state index contributed by atoms with van der Waals surface area (Å²) in [4.78, 5) is 28.4. The van der Waals surface area contributed by atoms with E-state index in [2.05, 4.69) is 5.16 Å². The third kappa shape index (κ3) is 2.92. The Labute approximate surface area is 181 Å². The monoisotopic (exact) mass is 436 g/mol. The van der Waals surface area contributed by atoms with Gasteiger partial charge in [0.05, 0.1) is 24.1 Å². The maximum Gasteiger partial charge on any atom is 0.296 e. The Morgan fingerprint density at radius 1 is 1.13 bits per heavy atom. The highest BCUT2D eigenvalue weighted by molar-refractivity contribution is 6.32. The van der Waals surface area contributed by atoms with E-state index in [9.17, 15) is 9.59 Å². The zero-order valence-corrected chi connectivity index (χ0v) is 17.7. The number of hydrogen-bond donors (Lipinski definition) is 0. The van der Waals surface area contributed by atoms with Crippen molar-refractivity contribution in [2.24, 2.45) is 0 Å². The van der Waals surface area contributed by atoms with Gasteiger partial charge in [0.25, 0.3) is 5.91 Å². The Morgan fingerprint density at radius 3 is 2.65 bits per heavy atom. The largest absolute Gasteiger partial charge is 0.497 e. The molecule has 31 heavy (non-hydrogen) atoms. The topological polar surface area (TPSA) is 85.8 Å². The molecule has 5 rings (SSSR count). The standard InChI is InChI=1S/C23H17ClN2O5/c1-11-7-17-15(10-16(11)24)21(27)19-20(13-5-4-6-14(9-13)29-3)26(23(28)22(19)30-17)18-8-12(2)31-25-18/h4-10,20H,1-3H3. The van der Waals surface area contributed by atoms with Crippen molar-refractivity contribution in [1.82, 2.24) is 5.16 Å². The summed E-state index contributed by atoms with van der Waals surface area (Å²) in [5.41, 5.74) is 1.64. The summed E-state index contributed by atoms with van der Waals surface area (Å²) < 4.78 is 16.5. The molecule has 0 bridgehead atoms. The summed E-state index contributed by atoms with van der Waals surface area (Å²) in [6.07, 6.45) is 0. The van der Waals surface area contributed by atoms with Crippen LogP contribution in [0.4, 0.5) is 5.82 Å². The predicted molar refractivity (Wildman–Crippen MR) is 115 cm³/mol. The van der Waals surface area contributed by atoms with Gasteiger partial charge in [-0.15, -0.1) is 0 Å². The van der Waals surface area contributed by atoms with Crippen LogP contribution in [-0.2, 0) is 0 Å². The summed E-state index contributed by atoms with van der Waals surface area (Å²) in [6.45, 7) is 3.54. The SMILES string of the molecule is COc1cccc(C2c3c(oc4cc(C)c(Cl)cc4c3=O)C(=O)N2c2cc(C)on2)c1. The summed E-state index contributed by atoms with van der Waals surface area (Å²) in [7, 11) is 1.55. The van der Waals surface area contributed by atoms with E-state index in [4.69, 9.17) is 25.3 Å². The van der Waals surface area contributed by atoms with E-state index in [1.54, 1.807) is 57.4 Å². The zero-order valence-electron chi connectivity index (χ0n) is 16.9. The summed E-state index contributed by atoms with van der Waals surface area (Å²) in [6, 6.07) is 11.3. The number of nitrogens with zero attached hydrogens (tertiary/aromatic N) is 2. The minimum Gasteiger partial charge on any atom is -0.497 e. The highest BCUT2D eigenvalue weighted by Gasteiger charge is 2.45. The van der Waals surface area contributed by atoms with Gasteiger partial charge in [0.1, 0.15) is 17.1 Å². The predicted octanol–water partition coefficient (Wildman–Crippen LogP) is 4.81. The Hall–Kier alpha value is -3.58. The highest BCUT2D eigenvalue weighted by Crippen LogP contribution is 2.41. The van der Waals surface area contributed by atoms with E-state index in [-0.39, 0.29) is 16.8 Å².